The van der Waals surface area contributed by atoms with Gasteiger partial charge in [-0.3, -0.25) is 4.40 Å². The molecule has 2 heterocycles. The Bertz CT molecular complexity index is 587. The first kappa shape index (κ1) is 10.7. The van der Waals surface area contributed by atoms with Gasteiger partial charge >= 0.3 is 5.97 Å². The van der Waals surface area contributed by atoms with Crippen LogP contribution in [0.5, 0.6) is 0 Å². The lowest BCUT2D eigenvalue weighted by molar-refractivity contribution is -0.131. The molecule has 0 radical (unpaired) electrons. The molecule has 2 aromatic heterocycles. The summed E-state index contributed by atoms with van der Waals surface area (Å²) >= 11 is 5.93. The highest BCUT2D eigenvalue weighted by atomic mass is 35.5. The van der Waals surface area contributed by atoms with Crippen LogP contribution in [0.2, 0.25) is 5.15 Å². The molecule has 0 amide bonds. The number of hydrogen-bond donors (Lipinski definition) is 1. The van der Waals surface area contributed by atoms with Crippen LogP contribution in [0, 0.1) is 6.92 Å². The van der Waals surface area contributed by atoms with Gasteiger partial charge < -0.3 is 5.11 Å². The third kappa shape index (κ3) is 1.92. The SMILES string of the molecule is Cc1ccn2c(/C=C/C(=O)O)c(Cl)nc2c1. The molecule has 0 unspecified atom stereocenters. The highest BCUT2D eigenvalue weighted by Crippen LogP contribution is 2.19. The molecule has 0 saturated heterocycles. The highest BCUT2D eigenvalue weighted by molar-refractivity contribution is 6.31. The predicted molar refractivity (Wildman–Crippen MR) is 61.6 cm³/mol. The molecule has 5 heteroatoms. The Kier molecular flexibility index (Phi) is 2.66. The van der Waals surface area contributed by atoms with E-state index in [1.54, 1.807) is 4.40 Å². The molecular weight excluding hydrogens is 228 g/mol. The van der Waals surface area contributed by atoms with Crippen molar-refractivity contribution in [1.29, 1.82) is 0 Å². The van der Waals surface area contributed by atoms with E-state index in [1.807, 2.05) is 25.3 Å². The largest absolute Gasteiger partial charge is 0.478 e. The van der Waals surface area contributed by atoms with Crippen molar-refractivity contribution in [2.45, 2.75) is 6.92 Å². The molecule has 0 saturated carbocycles. The molecule has 0 aliphatic heterocycles. The van der Waals surface area contributed by atoms with Gasteiger partial charge in [0, 0.05) is 12.3 Å². The first-order chi connectivity index (χ1) is 7.58. The smallest absolute Gasteiger partial charge is 0.328 e. The zero-order valence-corrected chi connectivity index (χ0v) is 9.27. The second kappa shape index (κ2) is 3.98. The number of rotatable bonds is 2. The fraction of sp³-hybridized carbons (Fsp3) is 0.0909. The number of pyridine rings is 1. The van der Waals surface area contributed by atoms with Crippen molar-refractivity contribution in [3.8, 4) is 0 Å². The summed E-state index contributed by atoms with van der Waals surface area (Å²) in [4.78, 5) is 14.6. The van der Waals surface area contributed by atoms with Crippen LogP contribution >= 0.6 is 11.6 Å². The van der Waals surface area contributed by atoms with E-state index in [0.29, 0.717) is 16.5 Å². The molecule has 0 bridgehead atoms. The van der Waals surface area contributed by atoms with Crippen LogP contribution in [0.25, 0.3) is 11.7 Å². The van der Waals surface area contributed by atoms with Gasteiger partial charge in [0.05, 0.1) is 5.69 Å². The molecule has 1 N–H and O–H groups in total. The minimum absolute atomic E-state index is 0.295. The quantitative estimate of drug-likeness (QED) is 0.815. The van der Waals surface area contributed by atoms with Crippen molar-refractivity contribution in [2.24, 2.45) is 0 Å². The lowest BCUT2D eigenvalue weighted by Gasteiger charge is -1.97. The molecule has 82 valence electrons. The number of carboxylic acid groups (broad SMARTS) is 1. The number of fused-ring (bicyclic) bond motifs is 1. The topological polar surface area (TPSA) is 54.6 Å². The molecule has 0 aliphatic rings. The molecule has 0 fully saturated rings. The monoisotopic (exact) mass is 236 g/mol. The Morgan fingerprint density at radius 1 is 1.62 bits per heavy atom. The van der Waals surface area contributed by atoms with Gasteiger partial charge in [-0.05, 0) is 30.7 Å². The Morgan fingerprint density at radius 3 is 3.06 bits per heavy atom. The van der Waals surface area contributed by atoms with E-state index in [9.17, 15) is 4.79 Å². The molecule has 2 aromatic rings. The standard InChI is InChI=1S/C11H9ClN2O2/c1-7-4-5-14-8(2-3-10(15)16)11(12)13-9(14)6-7/h2-6H,1H3,(H,15,16)/b3-2+. The van der Waals surface area contributed by atoms with Crippen molar-refractivity contribution in [3.05, 3.63) is 40.8 Å². The molecule has 0 aromatic carbocycles. The summed E-state index contributed by atoms with van der Waals surface area (Å²) < 4.78 is 1.74. The van der Waals surface area contributed by atoms with Gasteiger partial charge in [-0.2, -0.15) is 0 Å². The van der Waals surface area contributed by atoms with Crippen molar-refractivity contribution in [3.63, 3.8) is 0 Å². The van der Waals surface area contributed by atoms with Gasteiger partial charge in [0.15, 0.2) is 5.15 Å². The molecular formula is C11H9ClN2O2. The number of hydrogen-bond acceptors (Lipinski definition) is 2. The maximum Gasteiger partial charge on any atom is 0.328 e. The summed E-state index contributed by atoms with van der Waals surface area (Å²) in [5.74, 6) is -1.02. The zero-order valence-electron chi connectivity index (χ0n) is 8.51. The summed E-state index contributed by atoms with van der Waals surface area (Å²) in [5, 5.41) is 8.85. The number of aryl methyl sites for hydroxylation is 1. The Hall–Kier alpha value is -1.81. The number of aliphatic carboxylic acids is 1. The van der Waals surface area contributed by atoms with Crippen molar-refractivity contribution >= 4 is 29.3 Å². The molecule has 0 atom stereocenters. The summed E-state index contributed by atoms with van der Waals surface area (Å²) in [5.41, 5.74) is 2.34. The van der Waals surface area contributed by atoms with Crippen LogP contribution in [0.4, 0.5) is 0 Å². The molecule has 16 heavy (non-hydrogen) atoms. The van der Waals surface area contributed by atoms with Crippen molar-refractivity contribution in [2.75, 3.05) is 0 Å². The molecule has 0 aliphatic carbocycles. The molecule has 0 spiro atoms. The van der Waals surface area contributed by atoms with E-state index in [4.69, 9.17) is 16.7 Å². The van der Waals surface area contributed by atoms with Gasteiger partial charge in [-0.1, -0.05) is 11.6 Å². The Morgan fingerprint density at radius 2 is 2.38 bits per heavy atom. The van der Waals surface area contributed by atoms with Gasteiger partial charge in [0.25, 0.3) is 0 Å². The first-order valence-electron chi connectivity index (χ1n) is 4.63. The number of nitrogens with zero attached hydrogens (tertiary/aromatic N) is 2. The van der Waals surface area contributed by atoms with Crippen molar-refractivity contribution in [1.82, 2.24) is 9.38 Å². The lowest BCUT2D eigenvalue weighted by Crippen LogP contribution is -1.90. The summed E-state index contributed by atoms with van der Waals surface area (Å²) in [7, 11) is 0. The average Bonchev–Trinajstić information content (AvgIpc) is 2.50. The second-order valence-corrected chi connectivity index (χ2v) is 3.75. The van der Waals surface area contributed by atoms with Crippen LogP contribution in [0.3, 0.4) is 0 Å². The van der Waals surface area contributed by atoms with Gasteiger partial charge in [0.2, 0.25) is 0 Å². The van der Waals surface area contributed by atoms with E-state index in [-0.39, 0.29) is 0 Å². The third-order valence-corrected chi connectivity index (χ3v) is 2.44. The Labute approximate surface area is 96.8 Å². The first-order valence-corrected chi connectivity index (χ1v) is 5.01. The second-order valence-electron chi connectivity index (χ2n) is 3.39. The van der Waals surface area contributed by atoms with E-state index in [0.717, 1.165) is 11.6 Å². The van der Waals surface area contributed by atoms with Crippen LogP contribution in [-0.2, 0) is 4.79 Å². The van der Waals surface area contributed by atoms with Gasteiger partial charge in [0.1, 0.15) is 5.65 Å². The number of carbonyl (C=O) groups is 1. The number of aromatic nitrogens is 2. The van der Waals surface area contributed by atoms with E-state index < -0.39 is 5.97 Å². The predicted octanol–water partition coefficient (Wildman–Crippen LogP) is 2.39. The van der Waals surface area contributed by atoms with Crippen LogP contribution in [-0.4, -0.2) is 20.5 Å². The maximum atomic E-state index is 10.4. The number of imidazole rings is 1. The van der Waals surface area contributed by atoms with E-state index in [1.165, 1.54) is 6.08 Å². The summed E-state index contributed by atoms with van der Waals surface area (Å²) in [6.45, 7) is 1.95. The van der Waals surface area contributed by atoms with Crippen LogP contribution in [0.1, 0.15) is 11.3 Å². The molecule has 4 nitrogen and oxygen atoms in total. The lowest BCUT2D eigenvalue weighted by atomic mass is 10.3. The van der Waals surface area contributed by atoms with Crippen LogP contribution < -0.4 is 0 Å². The minimum Gasteiger partial charge on any atom is -0.478 e. The normalized spacial score (nSPS) is 11.4. The van der Waals surface area contributed by atoms with E-state index >= 15 is 0 Å². The minimum atomic E-state index is -1.02. The summed E-state index contributed by atoms with van der Waals surface area (Å²) in [6, 6.07) is 3.78. The van der Waals surface area contributed by atoms with Crippen LogP contribution in [0.15, 0.2) is 24.4 Å². The van der Waals surface area contributed by atoms with Gasteiger partial charge in [-0.15, -0.1) is 0 Å². The summed E-state index contributed by atoms with van der Waals surface area (Å²) in [6.07, 6.45) is 4.28. The highest BCUT2D eigenvalue weighted by Gasteiger charge is 2.07. The Balaban J connectivity index is 2.60. The number of carboxylic acids is 1. The zero-order chi connectivity index (χ0) is 11.7. The fourth-order valence-corrected chi connectivity index (χ4v) is 1.68. The molecule has 2 rings (SSSR count). The third-order valence-electron chi connectivity index (χ3n) is 2.16. The average molecular weight is 237 g/mol. The number of halogens is 1. The van der Waals surface area contributed by atoms with E-state index in [2.05, 4.69) is 4.98 Å². The van der Waals surface area contributed by atoms with Crippen molar-refractivity contribution < 1.29 is 9.90 Å². The fourth-order valence-electron chi connectivity index (χ4n) is 1.44. The van der Waals surface area contributed by atoms with Gasteiger partial charge in [-0.25, -0.2) is 9.78 Å². The maximum absolute atomic E-state index is 10.4.